The van der Waals surface area contributed by atoms with Crippen molar-refractivity contribution in [2.24, 2.45) is 0 Å². The van der Waals surface area contributed by atoms with Crippen LogP contribution in [0, 0.1) is 13.8 Å². The van der Waals surface area contributed by atoms with Crippen LogP contribution in [-0.2, 0) is 4.79 Å². The minimum absolute atomic E-state index is 0.758. The van der Waals surface area contributed by atoms with Gasteiger partial charge in [0.15, 0.2) is 6.29 Å². The number of allylic oxidation sites excluding steroid dienone is 4. The molecule has 0 heterocycles. The fourth-order valence-electron chi connectivity index (χ4n) is 1.85. The summed E-state index contributed by atoms with van der Waals surface area (Å²) in [5.74, 6) is 0. The van der Waals surface area contributed by atoms with Crippen LogP contribution in [0.2, 0.25) is 0 Å². The van der Waals surface area contributed by atoms with Gasteiger partial charge in [-0.1, -0.05) is 42.3 Å². The third kappa shape index (κ3) is 5.66. The Morgan fingerprint density at radius 1 is 1.26 bits per heavy atom. The van der Waals surface area contributed by atoms with E-state index < -0.39 is 0 Å². The zero-order valence-corrected chi connectivity index (χ0v) is 12.5. The Hall–Kier alpha value is -1.67. The van der Waals surface area contributed by atoms with E-state index in [1.807, 2.05) is 26.8 Å². The molecule has 0 aliphatic rings. The highest BCUT2D eigenvalue weighted by Crippen LogP contribution is 2.20. The molecule has 0 saturated carbocycles. The van der Waals surface area contributed by atoms with Gasteiger partial charge in [-0.3, -0.25) is 4.79 Å². The number of aliphatic hydroxyl groups is 1. The highest BCUT2D eigenvalue weighted by Gasteiger charge is 2.04. The van der Waals surface area contributed by atoms with E-state index in [0.717, 1.165) is 42.1 Å². The molecule has 0 aliphatic carbocycles. The van der Waals surface area contributed by atoms with Gasteiger partial charge in [0.05, 0.1) is 0 Å². The van der Waals surface area contributed by atoms with Crippen molar-refractivity contribution in [2.75, 3.05) is 7.11 Å². The Bertz CT molecular complexity index is 468. The molecule has 0 unspecified atom stereocenters. The predicted octanol–water partition coefficient (Wildman–Crippen LogP) is 3.85. The first-order valence-corrected chi connectivity index (χ1v) is 6.44. The monoisotopic (exact) mass is 260 g/mol. The molecule has 1 rings (SSSR count). The maximum Gasteiger partial charge on any atom is 0.150 e. The highest BCUT2D eigenvalue weighted by atomic mass is 16.2. The number of aliphatic hydroxyl groups excluding tert-OH is 1. The second kappa shape index (κ2) is 9.29. The fraction of sp³-hybridized carbons (Fsp3) is 0.353. The number of aryl methyl sites for hydroxylation is 2. The summed E-state index contributed by atoms with van der Waals surface area (Å²) in [5, 5.41) is 7.00. The Balaban J connectivity index is 0.00000154. The van der Waals surface area contributed by atoms with E-state index in [4.69, 9.17) is 5.11 Å². The first kappa shape index (κ1) is 17.3. The van der Waals surface area contributed by atoms with Gasteiger partial charge in [0.25, 0.3) is 0 Å². The van der Waals surface area contributed by atoms with Crippen molar-refractivity contribution in [3.63, 3.8) is 0 Å². The number of carbonyl (C=O) groups is 1. The number of rotatable bonds is 4. The molecule has 0 saturated heterocycles. The molecule has 0 fully saturated rings. The summed E-state index contributed by atoms with van der Waals surface area (Å²) in [6.45, 7) is 8.19. The van der Waals surface area contributed by atoms with E-state index in [-0.39, 0.29) is 0 Å². The van der Waals surface area contributed by atoms with Crippen molar-refractivity contribution in [1.29, 1.82) is 0 Å². The third-order valence-corrected chi connectivity index (χ3v) is 2.74. The number of aldehydes is 1. The number of benzene rings is 1. The molecule has 2 nitrogen and oxygen atoms in total. The van der Waals surface area contributed by atoms with Gasteiger partial charge >= 0.3 is 0 Å². The van der Waals surface area contributed by atoms with E-state index in [1.165, 1.54) is 5.56 Å². The fourth-order valence-corrected chi connectivity index (χ4v) is 1.85. The lowest BCUT2D eigenvalue weighted by atomic mass is 9.97. The van der Waals surface area contributed by atoms with Gasteiger partial charge in [-0.25, -0.2) is 0 Å². The van der Waals surface area contributed by atoms with Crippen molar-refractivity contribution in [3.05, 3.63) is 52.6 Å². The topological polar surface area (TPSA) is 37.3 Å². The Morgan fingerprint density at radius 2 is 1.89 bits per heavy atom. The Morgan fingerprint density at radius 3 is 2.42 bits per heavy atom. The quantitative estimate of drug-likeness (QED) is 0.507. The molecule has 1 N–H and O–H groups in total. The largest absolute Gasteiger partial charge is 0.400 e. The Labute approximate surface area is 116 Å². The van der Waals surface area contributed by atoms with Crippen LogP contribution in [0.3, 0.4) is 0 Å². The molecule has 0 spiro atoms. The molecule has 0 bridgehead atoms. The lowest BCUT2D eigenvalue weighted by Crippen LogP contribution is -1.92. The number of carbonyl (C=O) groups excluding carboxylic acids is 1. The van der Waals surface area contributed by atoms with Crippen molar-refractivity contribution in [1.82, 2.24) is 0 Å². The summed E-state index contributed by atoms with van der Waals surface area (Å²) in [6.07, 6.45) is 6.00. The van der Waals surface area contributed by atoms with Crippen LogP contribution >= 0.6 is 0 Å². The number of hydrogen-bond acceptors (Lipinski definition) is 2. The molecule has 19 heavy (non-hydrogen) atoms. The molecule has 0 radical (unpaired) electrons. The van der Waals surface area contributed by atoms with Gasteiger partial charge in [0, 0.05) is 12.7 Å². The summed E-state index contributed by atoms with van der Waals surface area (Å²) in [7, 11) is 1.00. The van der Waals surface area contributed by atoms with Crippen molar-refractivity contribution in [2.45, 2.75) is 34.1 Å². The van der Waals surface area contributed by atoms with E-state index in [2.05, 4.69) is 31.2 Å². The molecule has 0 aliphatic heterocycles. The van der Waals surface area contributed by atoms with Crippen LogP contribution in [0.1, 0.15) is 37.0 Å². The molecule has 2 heteroatoms. The van der Waals surface area contributed by atoms with E-state index in [9.17, 15) is 4.79 Å². The molecule has 1 aromatic carbocycles. The SMILES string of the molecule is CC/C=C(C)/C=C(/C=O)c1cc(C)ccc1C.CO. The van der Waals surface area contributed by atoms with Crippen LogP contribution < -0.4 is 0 Å². The van der Waals surface area contributed by atoms with Gasteiger partial charge < -0.3 is 5.11 Å². The standard InChI is InChI=1S/C16H20O.CH4O/c1-5-6-12(2)9-15(11-17)16-10-13(3)7-8-14(16)4;1-2/h6-11H,5H2,1-4H3;2H,1H3/b12-6+,15-9-;. The summed E-state index contributed by atoms with van der Waals surface area (Å²) in [5.41, 5.74) is 5.24. The van der Waals surface area contributed by atoms with Gasteiger partial charge in [0.2, 0.25) is 0 Å². The van der Waals surface area contributed by atoms with E-state index >= 15 is 0 Å². The van der Waals surface area contributed by atoms with Crippen LogP contribution in [-0.4, -0.2) is 18.5 Å². The molecule has 0 atom stereocenters. The lowest BCUT2D eigenvalue weighted by Gasteiger charge is -2.07. The van der Waals surface area contributed by atoms with Crippen LogP contribution in [0.25, 0.3) is 5.57 Å². The smallest absolute Gasteiger partial charge is 0.150 e. The average molecular weight is 260 g/mol. The molecular formula is C17H24O2. The van der Waals surface area contributed by atoms with E-state index in [1.54, 1.807) is 0 Å². The lowest BCUT2D eigenvalue weighted by molar-refractivity contribution is -0.103. The van der Waals surface area contributed by atoms with Crippen molar-refractivity contribution in [3.8, 4) is 0 Å². The van der Waals surface area contributed by atoms with E-state index in [0.29, 0.717) is 0 Å². The molecular weight excluding hydrogens is 236 g/mol. The van der Waals surface area contributed by atoms with Gasteiger partial charge in [-0.15, -0.1) is 0 Å². The summed E-state index contributed by atoms with van der Waals surface area (Å²) in [6, 6.07) is 6.19. The summed E-state index contributed by atoms with van der Waals surface area (Å²) in [4.78, 5) is 11.2. The van der Waals surface area contributed by atoms with Crippen LogP contribution in [0.15, 0.2) is 35.9 Å². The van der Waals surface area contributed by atoms with Crippen LogP contribution in [0.4, 0.5) is 0 Å². The molecule has 0 aromatic heterocycles. The minimum Gasteiger partial charge on any atom is -0.400 e. The molecule has 104 valence electrons. The third-order valence-electron chi connectivity index (χ3n) is 2.74. The summed E-state index contributed by atoms with van der Waals surface area (Å²) >= 11 is 0. The maximum atomic E-state index is 11.2. The second-order valence-corrected chi connectivity index (χ2v) is 4.39. The van der Waals surface area contributed by atoms with Gasteiger partial charge in [-0.2, -0.15) is 0 Å². The first-order valence-electron chi connectivity index (χ1n) is 6.44. The maximum absolute atomic E-state index is 11.2. The average Bonchev–Trinajstić information content (AvgIpc) is 2.41. The van der Waals surface area contributed by atoms with Crippen molar-refractivity contribution >= 4 is 11.9 Å². The van der Waals surface area contributed by atoms with Gasteiger partial charge in [-0.05, 0) is 44.4 Å². The normalized spacial score (nSPS) is 11.7. The zero-order chi connectivity index (χ0) is 14.8. The summed E-state index contributed by atoms with van der Waals surface area (Å²) < 4.78 is 0. The van der Waals surface area contributed by atoms with Gasteiger partial charge in [0.1, 0.15) is 0 Å². The first-order chi connectivity index (χ1) is 9.08. The van der Waals surface area contributed by atoms with Crippen LogP contribution in [0.5, 0.6) is 0 Å². The Kier molecular flexibility index (Phi) is 8.47. The highest BCUT2D eigenvalue weighted by molar-refractivity contribution is 6.08. The predicted molar refractivity (Wildman–Crippen MR) is 82.1 cm³/mol. The second-order valence-electron chi connectivity index (χ2n) is 4.39. The molecule has 0 amide bonds. The zero-order valence-electron chi connectivity index (χ0n) is 12.5. The van der Waals surface area contributed by atoms with Crippen molar-refractivity contribution < 1.29 is 9.90 Å². The molecule has 1 aromatic rings. The minimum atomic E-state index is 0.758. The number of hydrogen-bond donors (Lipinski definition) is 1.